The number of amides is 1. The van der Waals surface area contributed by atoms with Crippen LogP contribution >= 0.6 is 11.6 Å². The molecule has 8 heteroatoms. The van der Waals surface area contributed by atoms with Gasteiger partial charge in [0.1, 0.15) is 0 Å². The minimum Gasteiger partial charge on any atom is -0.365 e. The van der Waals surface area contributed by atoms with Crippen LogP contribution in [0.5, 0.6) is 0 Å². The Kier molecular flexibility index (Phi) is 3.74. The molecule has 3 heterocycles. The zero-order valence-electron chi connectivity index (χ0n) is 12.8. The molecule has 124 valence electrons. The van der Waals surface area contributed by atoms with Crippen LogP contribution in [0.15, 0.2) is 36.7 Å². The van der Waals surface area contributed by atoms with E-state index in [0.29, 0.717) is 18.0 Å². The molecule has 0 spiro atoms. The second-order valence-corrected chi connectivity index (χ2v) is 6.47. The van der Waals surface area contributed by atoms with Crippen LogP contribution in [0.2, 0.25) is 5.02 Å². The van der Waals surface area contributed by atoms with Crippen molar-refractivity contribution in [1.29, 1.82) is 0 Å². The molecule has 1 aromatic heterocycles. The second-order valence-electron chi connectivity index (χ2n) is 6.04. The molecular weight excluding hydrogens is 330 g/mol. The van der Waals surface area contributed by atoms with E-state index in [1.807, 2.05) is 24.3 Å². The van der Waals surface area contributed by atoms with Crippen LogP contribution in [-0.2, 0) is 0 Å². The highest BCUT2D eigenvalue weighted by molar-refractivity contribution is 6.30. The lowest BCUT2D eigenvalue weighted by Crippen LogP contribution is -2.47. The zero-order chi connectivity index (χ0) is 16.7. The largest absolute Gasteiger partial charge is 0.365 e. The Balaban J connectivity index is 1.48. The van der Waals surface area contributed by atoms with Crippen molar-refractivity contribution in [2.24, 2.45) is 0 Å². The summed E-state index contributed by atoms with van der Waals surface area (Å²) in [7, 11) is 0. The highest BCUT2D eigenvalue weighted by atomic mass is 35.5. The first-order chi connectivity index (χ1) is 11.7. The first-order valence-electron chi connectivity index (χ1n) is 7.71. The fourth-order valence-corrected chi connectivity index (χ4v) is 3.64. The van der Waals surface area contributed by atoms with Gasteiger partial charge in [0.05, 0.1) is 11.6 Å². The van der Waals surface area contributed by atoms with Crippen LogP contribution < -0.4 is 15.3 Å². The van der Waals surface area contributed by atoms with Gasteiger partial charge in [-0.15, -0.1) is 0 Å². The Morgan fingerprint density at radius 2 is 1.75 bits per heavy atom. The molecule has 1 aromatic carbocycles. The van der Waals surface area contributed by atoms with Crippen molar-refractivity contribution in [1.82, 2.24) is 15.4 Å². The average molecular weight is 346 g/mol. The quantitative estimate of drug-likeness (QED) is 0.651. The monoisotopic (exact) mass is 345 g/mol. The molecular formula is C16H16ClN5O2. The molecule has 2 unspecified atom stereocenters. The van der Waals surface area contributed by atoms with Gasteiger partial charge < -0.3 is 9.80 Å². The highest BCUT2D eigenvalue weighted by Crippen LogP contribution is 2.36. The maximum Gasteiger partial charge on any atom is 0.277 e. The Morgan fingerprint density at radius 1 is 1.12 bits per heavy atom. The zero-order valence-corrected chi connectivity index (χ0v) is 13.5. The molecule has 2 saturated heterocycles. The summed E-state index contributed by atoms with van der Waals surface area (Å²) in [5.41, 5.74) is 2.99. The number of carbonyl (C=O) groups is 1. The summed E-state index contributed by atoms with van der Waals surface area (Å²) in [5.74, 6) is 0.00570. The number of anilines is 2. The van der Waals surface area contributed by atoms with Crippen molar-refractivity contribution in [3.05, 3.63) is 47.2 Å². The van der Waals surface area contributed by atoms with Gasteiger partial charge in [0.2, 0.25) is 5.95 Å². The summed E-state index contributed by atoms with van der Waals surface area (Å²) in [6.07, 6.45) is 3.92. The smallest absolute Gasteiger partial charge is 0.277 e. The minimum atomic E-state index is -0.613. The van der Waals surface area contributed by atoms with Gasteiger partial charge in [0.25, 0.3) is 5.91 Å². The third-order valence-electron chi connectivity index (χ3n) is 4.66. The number of fused-ring (bicyclic) bond motifs is 2. The summed E-state index contributed by atoms with van der Waals surface area (Å²) in [5, 5.41) is 9.37. The molecule has 2 atom stereocenters. The summed E-state index contributed by atoms with van der Waals surface area (Å²) >= 11 is 5.96. The SMILES string of the molecule is O=C(NO)c1cnc(N2CC3CC2CN3c2ccc(Cl)cc2)nc1. The molecule has 4 rings (SSSR count). The number of hydrogen-bond acceptors (Lipinski definition) is 6. The van der Waals surface area contributed by atoms with E-state index in [4.69, 9.17) is 16.8 Å². The number of rotatable bonds is 3. The predicted octanol–water partition coefficient (Wildman–Crippen LogP) is 1.72. The maximum absolute atomic E-state index is 11.3. The molecule has 0 saturated carbocycles. The van der Waals surface area contributed by atoms with Gasteiger partial charge in [0.15, 0.2) is 0 Å². The molecule has 24 heavy (non-hydrogen) atoms. The molecule has 7 nitrogen and oxygen atoms in total. The lowest BCUT2D eigenvalue weighted by molar-refractivity contribution is 0.0705. The summed E-state index contributed by atoms with van der Waals surface area (Å²) < 4.78 is 0. The van der Waals surface area contributed by atoms with Crippen LogP contribution in [-0.4, -0.2) is 46.3 Å². The number of aromatic nitrogens is 2. The standard InChI is InChI=1S/C16H16ClN5O2/c17-11-1-3-12(4-2-11)21-8-14-5-13(21)9-22(14)16-18-6-10(7-19-16)15(23)20-24/h1-4,6-7,13-14,24H,5,8-9H2,(H,20,23). The van der Waals surface area contributed by atoms with Crippen LogP contribution in [0.4, 0.5) is 11.6 Å². The van der Waals surface area contributed by atoms with E-state index in [1.165, 1.54) is 18.1 Å². The molecule has 2 bridgehead atoms. The third-order valence-corrected chi connectivity index (χ3v) is 4.91. The lowest BCUT2D eigenvalue weighted by atomic mass is 10.2. The molecule has 2 aliphatic heterocycles. The Morgan fingerprint density at radius 3 is 2.33 bits per heavy atom. The van der Waals surface area contributed by atoms with Crippen molar-refractivity contribution in [3.63, 3.8) is 0 Å². The van der Waals surface area contributed by atoms with E-state index >= 15 is 0 Å². The van der Waals surface area contributed by atoms with Crippen LogP contribution in [0.1, 0.15) is 16.8 Å². The Bertz CT molecular complexity index is 752. The molecule has 2 aromatic rings. The van der Waals surface area contributed by atoms with Crippen molar-refractivity contribution < 1.29 is 10.0 Å². The number of carbonyl (C=O) groups excluding carboxylic acids is 1. The Hall–Kier alpha value is -2.38. The van der Waals surface area contributed by atoms with Gasteiger partial charge in [0, 0.05) is 42.2 Å². The number of hydroxylamine groups is 1. The normalized spacial score (nSPS) is 22.1. The van der Waals surface area contributed by atoms with E-state index < -0.39 is 5.91 Å². The van der Waals surface area contributed by atoms with Gasteiger partial charge in [-0.2, -0.15) is 0 Å². The van der Waals surface area contributed by atoms with Crippen LogP contribution in [0.25, 0.3) is 0 Å². The first-order valence-corrected chi connectivity index (χ1v) is 8.09. The lowest BCUT2D eigenvalue weighted by Gasteiger charge is -2.35. The topological polar surface area (TPSA) is 81.6 Å². The van der Waals surface area contributed by atoms with E-state index in [2.05, 4.69) is 19.8 Å². The maximum atomic E-state index is 11.3. The van der Waals surface area contributed by atoms with Crippen LogP contribution in [0.3, 0.4) is 0 Å². The van der Waals surface area contributed by atoms with E-state index in [9.17, 15) is 4.79 Å². The number of benzene rings is 1. The fourth-order valence-electron chi connectivity index (χ4n) is 3.51. The first kappa shape index (κ1) is 15.2. The van der Waals surface area contributed by atoms with Gasteiger partial charge >= 0.3 is 0 Å². The number of piperazine rings is 1. The van der Waals surface area contributed by atoms with E-state index in [0.717, 1.165) is 24.5 Å². The number of hydrogen-bond donors (Lipinski definition) is 2. The summed E-state index contributed by atoms with van der Waals surface area (Å²) in [6, 6.07) is 8.69. The molecule has 0 radical (unpaired) electrons. The van der Waals surface area contributed by atoms with Crippen molar-refractivity contribution >= 4 is 29.1 Å². The van der Waals surface area contributed by atoms with E-state index in [-0.39, 0.29) is 5.56 Å². The summed E-state index contributed by atoms with van der Waals surface area (Å²) in [6.45, 7) is 1.76. The van der Waals surface area contributed by atoms with Gasteiger partial charge in [-0.1, -0.05) is 11.6 Å². The van der Waals surface area contributed by atoms with Crippen molar-refractivity contribution in [3.8, 4) is 0 Å². The number of nitrogens with one attached hydrogen (secondary N) is 1. The molecule has 2 aliphatic rings. The van der Waals surface area contributed by atoms with Gasteiger partial charge in [-0.25, -0.2) is 15.4 Å². The van der Waals surface area contributed by atoms with Crippen LogP contribution in [0, 0.1) is 0 Å². The predicted molar refractivity (Wildman–Crippen MR) is 89.6 cm³/mol. The molecule has 1 amide bonds. The summed E-state index contributed by atoms with van der Waals surface area (Å²) in [4.78, 5) is 24.4. The fraction of sp³-hybridized carbons (Fsp3) is 0.312. The molecule has 2 fully saturated rings. The number of halogens is 1. The second kappa shape index (κ2) is 5.92. The van der Waals surface area contributed by atoms with Crippen molar-refractivity contribution in [2.75, 3.05) is 22.9 Å². The van der Waals surface area contributed by atoms with Gasteiger partial charge in [-0.05, 0) is 30.7 Å². The molecule has 2 N–H and O–H groups in total. The highest BCUT2D eigenvalue weighted by Gasteiger charge is 2.44. The van der Waals surface area contributed by atoms with Crippen molar-refractivity contribution in [2.45, 2.75) is 18.5 Å². The third kappa shape index (κ3) is 2.55. The molecule has 0 aliphatic carbocycles. The Labute approximate surface area is 143 Å². The average Bonchev–Trinajstić information content (AvgIpc) is 3.22. The van der Waals surface area contributed by atoms with Gasteiger partial charge in [-0.3, -0.25) is 10.0 Å². The number of nitrogens with zero attached hydrogens (tertiary/aromatic N) is 4. The minimum absolute atomic E-state index is 0.230. The van der Waals surface area contributed by atoms with E-state index in [1.54, 1.807) is 5.48 Å².